The van der Waals surface area contributed by atoms with Gasteiger partial charge in [-0.15, -0.1) is 0 Å². The lowest BCUT2D eigenvalue weighted by Gasteiger charge is -2.15. The van der Waals surface area contributed by atoms with Crippen LogP contribution in [-0.2, 0) is 10.0 Å². The molecule has 0 bridgehead atoms. The largest absolute Gasteiger partial charge is 0.495 e. The van der Waals surface area contributed by atoms with Crippen molar-refractivity contribution in [2.75, 3.05) is 17.1 Å². The number of rotatable bonds is 7. The van der Waals surface area contributed by atoms with Gasteiger partial charge >= 0.3 is 0 Å². The third kappa shape index (κ3) is 4.61. The predicted molar refractivity (Wildman–Crippen MR) is 111 cm³/mol. The third-order valence-electron chi connectivity index (χ3n) is 4.29. The van der Waals surface area contributed by atoms with Gasteiger partial charge < -0.3 is 10.1 Å². The number of ether oxygens (including phenoxy) is 1. The van der Waals surface area contributed by atoms with E-state index in [-0.39, 0.29) is 10.9 Å². The Bertz CT molecular complexity index is 1040. The smallest absolute Gasteiger partial charge is 0.265 e. The number of pyridine rings is 1. The van der Waals surface area contributed by atoms with Crippen molar-refractivity contribution in [3.63, 3.8) is 0 Å². The molecule has 1 heterocycles. The third-order valence-corrected chi connectivity index (χ3v) is 5.69. The van der Waals surface area contributed by atoms with Crippen molar-refractivity contribution >= 4 is 21.5 Å². The van der Waals surface area contributed by atoms with Crippen LogP contribution in [-0.4, -0.2) is 20.5 Å². The molecule has 1 atom stereocenters. The Hall–Kier alpha value is -3.06. The number of aryl methyl sites for hydroxylation is 1. The SMILES string of the molecule is COc1ccc(C)cc1S(=O)(=O)Nc1ccc(NC(C)c2ccccc2)nc1. The van der Waals surface area contributed by atoms with Crippen LogP contribution in [0.1, 0.15) is 24.1 Å². The highest BCUT2D eigenvalue weighted by Crippen LogP contribution is 2.27. The van der Waals surface area contributed by atoms with Crippen LogP contribution in [0.25, 0.3) is 0 Å². The highest BCUT2D eigenvalue weighted by Gasteiger charge is 2.20. The molecule has 1 unspecified atom stereocenters. The Kier molecular flexibility index (Phi) is 5.84. The summed E-state index contributed by atoms with van der Waals surface area (Å²) in [5, 5.41) is 3.30. The van der Waals surface area contributed by atoms with Crippen molar-refractivity contribution in [3.8, 4) is 5.75 Å². The highest BCUT2D eigenvalue weighted by molar-refractivity contribution is 7.92. The molecule has 0 aliphatic rings. The normalized spacial score (nSPS) is 12.2. The van der Waals surface area contributed by atoms with E-state index in [0.29, 0.717) is 17.3 Å². The summed E-state index contributed by atoms with van der Waals surface area (Å²) in [6.45, 7) is 3.87. The molecule has 0 fully saturated rings. The molecule has 6 nitrogen and oxygen atoms in total. The molecule has 0 amide bonds. The van der Waals surface area contributed by atoms with Crippen LogP contribution in [0.4, 0.5) is 11.5 Å². The number of aromatic nitrogens is 1. The molecule has 0 saturated heterocycles. The van der Waals surface area contributed by atoms with Gasteiger partial charge in [0.25, 0.3) is 10.0 Å². The monoisotopic (exact) mass is 397 g/mol. The van der Waals surface area contributed by atoms with Crippen molar-refractivity contribution in [1.82, 2.24) is 4.98 Å². The fraction of sp³-hybridized carbons (Fsp3) is 0.190. The quantitative estimate of drug-likeness (QED) is 0.619. The van der Waals surface area contributed by atoms with Gasteiger partial charge in [0.2, 0.25) is 0 Å². The molecule has 0 saturated carbocycles. The number of nitrogens with one attached hydrogen (secondary N) is 2. The van der Waals surface area contributed by atoms with Gasteiger partial charge in [-0.3, -0.25) is 4.72 Å². The highest BCUT2D eigenvalue weighted by atomic mass is 32.2. The summed E-state index contributed by atoms with van der Waals surface area (Å²) >= 11 is 0. The molecular weight excluding hydrogens is 374 g/mol. The zero-order chi connectivity index (χ0) is 20.1. The molecule has 146 valence electrons. The second-order valence-electron chi connectivity index (χ2n) is 6.47. The Labute approximate surface area is 165 Å². The van der Waals surface area contributed by atoms with Crippen LogP contribution in [0, 0.1) is 6.92 Å². The van der Waals surface area contributed by atoms with Gasteiger partial charge in [0.05, 0.1) is 19.0 Å². The average molecular weight is 398 g/mol. The summed E-state index contributed by atoms with van der Waals surface area (Å²) < 4.78 is 33.2. The molecule has 2 N–H and O–H groups in total. The topological polar surface area (TPSA) is 80.3 Å². The summed E-state index contributed by atoms with van der Waals surface area (Å²) in [6, 6.07) is 18.5. The maximum absolute atomic E-state index is 12.7. The van der Waals surface area contributed by atoms with Gasteiger partial charge in [0.15, 0.2) is 0 Å². The van der Waals surface area contributed by atoms with Gasteiger partial charge in [-0.05, 0) is 49.2 Å². The lowest BCUT2D eigenvalue weighted by Crippen LogP contribution is -2.15. The van der Waals surface area contributed by atoms with Crippen LogP contribution >= 0.6 is 0 Å². The maximum atomic E-state index is 12.7. The first-order valence-corrected chi connectivity index (χ1v) is 10.3. The van der Waals surface area contributed by atoms with Gasteiger partial charge in [0.1, 0.15) is 16.5 Å². The van der Waals surface area contributed by atoms with Crippen molar-refractivity contribution in [2.45, 2.75) is 24.8 Å². The Morgan fingerprint density at radius 2 is 1.79 bits per heavy atom. The van der Waals surface area contributed by atoms with Crippen LogP contribution in [0.3, 0.4) is 0 Å². The molecule has 0 aliphatic carbocycles. The minimum absolute atomic E-state index is 0.0767. The van der Waals surface area contributed by atoms with E-state index < -0.39 is 10.0 Å². The van der Waals surface area contributed by atoms with E-state index in [4.69, 9.17) is 4.74 Å². The number of nitrogens with zero attached hydrogens (tertiary/aromatic N) is 1. The zero-order valence-electron chi connectivity index (χ0n) is 16.0. The van der Waals surface area contributed by atoms with E-state index in [1.807, 2.05) is 44.2 Å². The van der Waals surface area contributed by atoms with E-state index in [0.717, 1.165) is 11.1 Å². The van der Waals surface area contributed by atoms with Crippen LogP contribution < -0.4 is 14.8 Å². The standard InChI is InChI=1S/C21H23N3O3S/c1-15-9-11-19(27-3)20(13-15)28(25,26)24-18-10-12-21(22-14-18)23-16(2)17-7-5-4-6-8-17/h4-14,16,24H,1-3H3,(H,22,23). The van der Waals surface area contributed by atoms with E-state index in [2.05, 4.69) is 15.0 Å². The van der Waals surface area contributed by atoms with E-state index in [9.17, 15) is 8.42 Å². The molecule has 1 aromatic heterocycles. The average Bonchev–Trinajstić information content (AvgIpc) is 2.70. The fourth-order valence-electron chi connectivity index (χ4n) is 2.79. The molecule has 3 rings (SSSR count). The molecule has 0 aliphatic heterocycles. The molecular formula is C21H23N3O3S. The number of methoxy groups -OCH3 is 1. The number of sulfonamides is 1. The first kappa shape index (κ1) is 19.7. The first-order valence-electron chi connectivity index (χ1n) is 8.84. The molecule has 7 heteroatoms. The van der Waals surface area contributed by atoms with Gasteiger partial charge in [0, 0.05) is 6.04 Å². The summed E-state index contributed by atoms with van der Waals surface area (Å²) in [6.07, 6.45) is 1.49. The molecule has 0 radical (unpaired) electrons. The van der Waals surface area contributed by atoms with Crippen molar-refractivity contribution in [2.24, 2.45) is 0 Å². The summed E-state index contributed by atoms with van der Waals surface area (Å²) in [4.78, 5) is 4.41. The Morgan fingerprint density at radius 3 is 2.43 bits per heavy atom. The minimum Gasteiger partial charge on any atom is -0.495 e. The zero-order valence-corrected chi connectivity index (χ0v) is 16.8. The predicted octanol–water partition coefficient (Wildman–Crippen LogP) is 4.37. The van der Waals surface area contributed by atoms with Crippen molar-refractivity contribution < 1.29 is 13.2 Å². The van der Waals surface area contributed by atoms with Gasteiger partial charge in [-0.1, -0.05) is 36.4 Å². The van der Waals surface area contributed by atoms with Crippen LogP contribution in [0.15, 0.2) is 71.8 Å². The maximum Gasteiger partial charge on any atom is 0.265 e. The van der Waals surface area contributed by atoms with Crippen LogP contribution in [0.2, 0.25) is 0 Å². The van der Waals surface area contributed by atoms with Crippen molar-refractivity contribution in [3.05, 3.63) is 78.0 Å². The first-order chi connectivity index (χ1) is 13.4. The second-order valence-corrected chi connectivity index (χ2v) is 8.12. The lowest BCUT2D eigenvalue weighted by atomic mass is 10.1. The lowest BCUT2D eigenvalue weighted by molar-refractivity contribution is 0.402. The number of hydrogen-bond donors (Lipinski definition) is 2. The van der Waals surface area contributed by atoms with E-state index >= 15 is 0 Å². The van der Waals surface area contributed by atoms with E-state index in [1.165, 1.54) is 13.3 Å². The summed E-state index contributed by atoms with van der Waals surface area (Å²) in [5.41, 5.74) is 2.34. The summed E-state index contributed by atoms with van der Waals surface area (Å²) in [7, 11) is -2.35. The minimum atomic E-state index is -3.79. The molecule has 28 heavy (non-hydrogen) atoms. The molecule has 3 aromatic rings. The summed E-state index contributed by atoms with van der Waals surface area (Å²) in [5.74, 6) is 0.952. The van der Waals surface area contributed by atoms with Crippen molar-refractivity contribution in [1.29, 1.82) is 0 Å². The van der Waals surface area contributed by atoms with Crippen LogP contribution in [0.5, 0.6) is 5.75 Å². The molecule has 0 spiro atoms. The number of anilines is 2. The Morgan fingerprint density at radius 1 is 1.04 bits per heavy atom. The van der Waals surface area contributed by atoms with Gasteiger partial charge in [-0.25, -0.2) is 13.4 Å². The fourth-order valence-corrected chi connectivity index (χ4v) is 4.09. The Balaban J connectivity index is 1.74. The van der Waals surface area contributed by atoms with E-state index in [1.54, 1.807) is 30.3 Å². The number of hydrogen-bond acceptors (Lipinski definition) is 5. The number of benzene rings is 2. The molecule has 2 aromatic carbocycles. The second kappa shape index (κ2) is 8.31. The van der Waals surface area contributed by atoms with Gasteiger partial charge in [-0.2, -0.15) is 0 Å².